The van der Waals surface area contributed by atoms with Crippen LogP contribution < -0.4 is 20.4 Å². The highest BCUT2D eigenvalue weighted by Crippen LogP contribution is 2.38. The highest BCUT2D eigenvalue weighted by atomic mass is 16.6. The maximum atomic E-state index is 13.5. The second-order valence-electron chi connectivity index (χ2n) is 19.5. The molecule has 0 aromatic heterocycles. The Labute approximate surface area is 351 Å². The summed E-state index contributed by atoms with van der Waals surface area (Å²) in [7, 11) is -3.39. The average molecular weight is 809 g/mol. The van der Waals surface area contributed by atoms with Crippen LogP contribution in [0.2, 0.25) is 0 Å². The Morgan fingerprint density at radius 1 is 0.458 bits per heavy atom. The molecule has 0 saturated heterocycles. The number of rotatable bonds is 18. The van der Waals surface area contributed by atoms with E-state index in [1.165, 1.54) is 48.5 Å². The van der Waals surface area contributed by atoms with Crippen molar-refractivity contribution in [2.24, 2.45) is 16.2 Å². The molecule has 0 spiro atoms. The summed E-state index contributed by atoms with van der Waals surface area (Å²) in [5.74, 6) is -0.254. The molecule has 4 aromatic carbocycles. The van der Waals surface area contributed by atoms with Crippen molar-refractivity contribution in [2.45, 2.75) is 92.9 Å². The summed E-state index contributed by atoms with van der Waals surface area (Å²) in [6.45, 7) is 21.5. The predicted molar refractivity (Wildman–Crippen MR) is 234 cm³/mol. The Morgan fingerprint density at radius 3 is 1.03 bits per heavy atom. The summed E-state index contributed by atoms with van der Waals surface area (Å²) in [6.07, 6.45) is 1.94. The zero-order chi connectivity index (χ0) is 43.8. The first-order valence-electron chi connectivity index (χ1n) is 20.1. The molecule has 0 aliphatic carbocycles. The standard InChI is InChI=1S/C47H62B2O10/c1-43(2,3)27-45(7,8)35-15-23-39(24-16-35)56-29-47(31-58-41(50)33-11-19-37(20-12-33)48(52)53,32-59-42(51)34-13-21-38(22-14-34)49(54)55)30-57-40-25-17-36(18-26-40)46(9,10)28-44(4,5)6/h11-26,52-55H,27-32H2,1-10H3. The second kappa shape index (κ2) is 19.2. The molecule has 0 fully saturated rings. The molecule has 0 aliphatic rings. The van der Waals surface area contributed by atoms with Crippen molar-refractivity contribution in [2.75, 3.05) is 26.4 Å². The second-order valence-corrected chi connectivity index (χ2v) is 19.5. The fourth-order valence-corrected chi connectivity index (χ4v) is 7.77. The number of carbonyl (C=O) groups excluding carboxylic acids is 2. The lowest BCUT2D eigenvalue weighted by Crippen LogP contribution is -2.44. The van der Waals surface area contributed by atoms with Gasteiger partial charge in [0.05, 0.1) is 11.1 Å². The van der Waals surface area contributed by atoms with Crippen molar-refractivity contribution in [3.05, 3.63) is 119 Å². The molecule has 4 N–H and O–H groups in total. The summed E-state index contributed by atoms with van der Waals surface area (Å²) in [5.41, 5.74) is 1.92. The fourth-order valence-electron chi connectivity index (χ4n) is 7.77. The quantitative estimate of drug-likeness (QED) is 0.0637. The monoisotopic (exact) mass is 808 g/mol. The topological polar surface area (TPSA) is 152 Å². The first kappa shape index (κ1) is 47.1. The van der Waals surface area contributed by atoms with Gasteiger partial charge in [-0.3, -0.25) is 0 Å². The number of ether oxygens (including phenoxy) is 4. The third-order valence-corrected chi connectivity index (χ3v) is 10.2. The van der Waals surface area contributed by atoms with E-state index in [4.69, 9.17) is 18.9 Å². The molecule has 59 heavy (non-hydrogen) atoms. The van der Waals surface area contributed by atoms with Gasteiger partial charge in [0, 0.05) is 0 Å². The molecule has 0 heterocycles. The van der Waals surface area contributed by atoms with E-state index in [1.807, 2.05) is 48.5 Å². The van der Waals surface area contributed by atoms with E-state index in [2.05, 4.69) is 69.2 Å². The van der Waals surface area contributed by atoms with E-state index in [-0.39, 0.29) is 70.1 Å². The Morgan fingerprint density at radius 2 is 0.763 bits per heavy atom. The van der Waals surface area contributed by atoms with Crippen molar-refractivity contribution >= 4 is 37.1 Å². The molecule has 0 saturated carbocycles. The van der Waals surface area contributed by atoms with E-state index < -0.39 is 31.6 Å². The van der Waals surface area contributed by atoms with Crippen molar-refractivity contribution in [1.29, 1.82) is 0 Å². The van der Waals surface area contributed by atoms with Crippen LogP contribution in [0, 0.1) is 16.2 Å². The van der Waals surface area contributed by atoms with E-state index in [9.17, 15) is 29.7 Å². The van der Waals surface area contributed by atoms with Gasteiger partial charge in [0.1, 0.15) is 43.3 Å². The number of carbonyl (C=O) groups is 2. The first-order chi connectivity index (χ1) is 27.4. The first-order valence-corrected chi connectivity index (χ1v) is 20.1. The zero-order valence-electron chi connectivity index (χ0n) is 36.4. The smallest absolute Gasteiger partial charge is 0.488 e. The van der Waals surface area contributed by atoms with Crippen LogP contribution in [-0.2, 0) is 20.3 Å². The summed E-state index contributed by atoms with van der Waals surface area (Å²) >= 11 is 0. The minimum Gasteiger partial charge on any atom is -0.493 e. The van der Waals surface area contributed by atoms with E-state index in [0.717, 1.165) is 24.0 Å². The van der Waals surface area contributed by atoms with Gasteiger partial charge in [-0.1, -0.05) is 118 Å². The number of esters is 2. The largest absolute Gasteiger partial charge is 0.493 e. The Balaban J connectivity index is 1.67. The Bertz CT molecular complexity index is 1810. The highest BCUT2D eigenvalue weighted by Gasteiger charge is 2.38. The van der Waals surface area contributed by atoms with Crippen molar-refractivity contribution in [1.82, 2.24) is 0 Å². The van der Waals surface area contributed by atoms with E-state index in [1.54, 1.807) is 0 Å². The van der Waals surface area contributed by atoms with Gasteiger partial charge in [-0.25, -0.2) is 9.59 Å². The van der Waals surface area contributed by atoms with Crippen molar-refractivity contribution in [3.8, 4) is 11.5 Å². The molecule has 4 rings (SSSR count). The molecule has 0 radical (unpaired) electrons. The third-order valence-electron chi connectivity index (χ3n) is 10.2. The van der Waals surface area contributed by atoms with Gasteiger partial charge >= 0.3 is 26.2 Å². The van der Waals surface area contributed by atoms with Crippen LogP contribution in [0.15, 0.2) is 97.1 Å². The third kappa shape index (κ3) is 14.3. The average Bonchev–Trinajstić information content (AvgIpc) is 3.15. The van der Waals surface area contributed by atoms with Gasteiger partial charge in [0.2, 0.25) is 0 Å². The van der Waals surface area contributed by atoms with Crippen LogP contribution in [0.25, 0.3) is 0 Å². The SMILES string of the molecule is CC(C)(C)CC(C)(C)c1ccc(OCC(COC(=O)c2ccc(B(O)O)cc2)(COC(=O)c2ccc(B(O)O)cc2)COc2ccc(C(C)(C)CC(C)(C)C)cc2)cc1. The maximum absolute atomic E-state index is 13.5. The molecule has 0 unspecified atom stereocenters. The minimum absolute atomic E-state index is 0.0831. The van der Waals surface area contributed by atoms with Crippen molar-refractivity contribution in [3.63, 3.8) is 0 Å². The van der Waals surface area contributed by atoms with Gasteiger partial charge in [-0.15, -0.1) is 0 Å². The zero-order valence-corrected chi connectivity index (χ0v) is 36.4. The van der Waals surface area contributed by atoms with E-state index >= 15 is 0 Å². The molecular formula is C47H62B2O10. The normalized spacial score (nSPS) is 12.4. The summed E-state index contributed by atoms with van der Waals surface area (Å²) in [4.78, 5) is 26.9. The number of hydrogen-bond donors (Lipinski definition) is 4. The van der Waals surface area contributed by atoms with Crippen LogP contribution in [0.1, 0.15) is 114 Å². The molecule has 12 heteroatoms. The lowest BCUT2D eigenvalue weighted by molar-refractivity contribution is -0.0426. The van der Waals surface area contributed by atoms with Crippen LogP contribution in [0.3, 0.4) is 0 Å². The fraction of sp³-hybridized carbons (Fsp3) is 0.447. The number of benzene rings is 4. The molecule has 0 atom stereocenters. The Hall–Kier alpha value is -4.61. The van der Waals surface area contributed by atoms with Gasteiger partial charge in [-0.05, 0) is 105 Å². The molecule has 0 bridgehead atoms. The highest BCUT2D eigenvalue weighted by molar-refractivity contribution is 6.59. The predicted octanol–water partition coefficient (Wildman–Crippen LogP) is 6.63. The van der Waals surface area contributed by atoms with Crippen molar-refractivity contribution < 1.29 is 48.6 Å². The van der Waals surface area contributed by atoms with Crippen LogP contribution in [0.5, 0.6) is 11.5 Å². The number of hydrogen-bond acceptors (Lipinski definition) is 10. The molecule has 316 valence electrons. The summed E-state index contributed by atoms with van der Waals surface area (Å²) < 4.78 is 24.7. The maximum Gasteiger partial charge on any atom is 0.488 e. The van der Waals surface area contributed by atoms with Crippen LogP contribution >= 0.6 is 0 Å². The van der Waals surface area contributed by atoms with Gasteiger partial charge in [-0.2, -0.15) is 0 Å². The van der Waals surface area contributed by atoms with Gasteiger partial charge in [0.15, 0.2) is 0 Å². The van der Waals surface area contributed by atoms with Gasteiger partial charge < -0.3 is 39.0 Å². The minimum atomic E-state index is -1.70. The molecular weight excluding hydrogens is 746 g/mol. The molecule has 0 amide bonds. The van der Waals surface area contributed by atoms with Crippen LogP contribution in [0.4, 0.5) is 0 Å². The molecule has 0 aliphatic heterocycles. The molecule has 10 nitrogen and oxygen atoms in total. The summed E-state index contributed by atoms with van der Waals surface area (Å²) in [6, 6.07) is 27.2. The van der Waals surface area contributed by atoms with Crippen LogP contribution in [-0.4, -0.2) is 72.7 Å². The lowest BCUT2D eigenvalue weighted by atomic mass is 9.72. The lowest BCUT2D eigenvalue weighted by Gasteiger charge is -2.34. The summed E-state index contributed by atoms with van der Waals surface area (Å²) in [5, 5.41) is 38.2. The van der Waals surface area contributed by atoms with Gasteiger partial charge in [0.25, 0.3) is 0 Å². The molecule has 4 aromatic rings. The van der Waals surface area contributed by atoms with E-state index in [0.29, 0.717) is 11.5 Å². The Kier molecular flexibility index (Phi) is 15.3.